The summed E-state index contributed by atoms with van der Waals surface area (Å²) in [4.78, 5) is 30.9. The van der Waals surface area contributed by atoms with Crippen LogP contribution in [0.5, 0.6) is 0 Å². The first-order valence-corrected chi connectivity index (χ1v) is 15.2. The van der Waals surface area contributed by atoms with E-state index in [9.17, 15) is 13.2 Å². The van der Waals surface area contributed by atoms with Crippen LogP contribution in [0.4, 0.5) is 11.6 Å². The first-order valence-electron chi connectivity index (χ1n) is 13.8. The first kappa shape index (κ1) is 28.0. The van der Waals surface area contributed by atoms with Crippen molar-refractivity contribution in [3.05, 3.63) is 72.2 Å². The summed E-state index contributed by atoms with van der Waals surface area (Å²) >= 11 is 0. The molecule has 0 aliphatic carbocycles. The van der Waals surface area contributed by atoms with E-state index in [1.54, 1.807) is 30.5 Å². The lowest BCUT2D eigenvalue weighted by atomic mass is 9.97. The maximum Gasteiger partial charge on any atom is 0.281 e. The predicted molar refractivity (Wildman–Crippen MR) is 154 cm³/mol. The quantitative estimate of drug-likeness (QED) is 0.423. The van der Waals surface area contributed by atoms with Crippen molar-refractivity contribution in [2.24, 2.45) is 5.92 Å². The number of carbonyl (C=O) groups excluding carboxylic acids is 1. The zero-order chi connectivity index (χ0) is 28.3. The molecule has 2 fully saturated rings. The Morgan fingerprint density at radius 1 is 1.02 bits per heavy atom. The molecule has 2 saturated heterocycles. The summed E-state index contributed by atoms with van der Waals surface area (Å²) < 4.78 is 28.7. The highest BCUT2D eigenvalue weighted by atomic mass is 32.2. The van der Waals surface area contributed by atoms with Crippen LogP contribution < -0.4 is 14.9 Å². The lowest BCUT2D eigenvalue weighted by Crippen LogP contribution is -2.41. The van der Waals surface area contributed by atoms with Crippen molar-refractivity contribution in [1.29, 1.82) is 0 Å². The molecular formula is C29H37N7O3S. The van der Waals surface area contributed by atoms with Crippen molar-refractivity contribution < 1.29 is 13.2 Å². The van der Waals surface area contributed by atoms with E-state index in [0.717, 1.165) is 51.1 Å². The summed E-state index contributed by atoms with van der Waals surface area (Å²) in [6.07, 6.45) is 6.19. The monoisotopic (exact) mass is 563 g/mol. The molecule has 1 unspecified atom stereocenters. The van der Waals surface area contributed by atoms with Crippen molar-refractivity contribution in [1.82, 2.24) is 24.6 Å². The van der Waals surface area contributed by atoms with E-state index >= 15 is 0 Å². The molecule has 11 heteroatoms. The highest BCUT2D eigenvalue weighted by Crippen LogP contribution is 2.37. The number of nitrogens with zero attached hydrogens (tertiary/aromatic N) is 5. The number of hydrogen-bond acceptors (Lipinski definition) is 9. The minimum absolute atomic E-state index is 0.171. The van der Waals surface area contributed by atoms with Crippen molar-refractivity contribution in [2.75, 3.05) is 29.9 Å². The maximum atomic E-state index is 13.3. The predicted octanol–water partition coefficient (Wildman–Crippen LogP) is 3.69. The smallest absolute Gasteiger partial charge is 0.281 e. The summed E-state index contributed by atoms with van der Waals surface area (Å²) in [6, 6.07) is 14.1. The minimum atomic E-state index is -4.21. The van der Waals surface area contributed by atoms with Crippen LogP contribution in [-0.4, -0.2) is 65.4 Å². The number of amides is 1. The molecule has 5 heterocycles. The van der Waals surface area contributed by atoms with E-state index in [-0.39, 0.29) is 22.2 Å². The molecule has 0 aromatic carbocycles. The fourth-order valence-electron chi connectivity index (χ4n) is 5.79. The number of carbonyl (C=O) groups is 1. The van der Waals surface area contributed by atoms with E-state index in [1.165, 1.54) is 6.07 Å². The number of pyridine rings is 3. The Labute approximate surface area is 236 Å². The van der Waals surface area contributed by atoms with Gasteiger partial charge in [-0.3, -0.25) is 14.7 Å². The maximum absolute atomic E-state index is 13.3. The lowest BCUT2D eigenvalue weighted by molar-refractivity contribution is 0.0981. The van der Waals surface area contributed by atoms with Crippen LogP contribution >= 0.6 is 0 Å². The van der Waals surface area contributed by atoms with E-state index in [1.807, 2.05) is 24.4 Å². The SMILES string of the molecule is CC1CN(c2ncccc2C(=O)NS(=O)(=O)c2cccc(NC3CCN(Cc4ccccn4)CC3)n2)C(C)(C)C1. The fraction of sp³-hybridized carbons (Fsp3) is 0.448. The molecule has 10 nitrogen and oxygen atoms in total. The van der Waals surface area contributed by atoms with Crippen LogP contribution in [0, 0.1) is 5.92 Å². The number of hydrogen-bond donors (Lipinski definition) is 2. The van der Waals surface area contributed by atoms with Gasteiger partial charge in [0.05, 0.1) is 11.3 Å². The van der Waals surface area contributed by atoms with E-state index in [0.29, 0.717) is 17.6 Å². The molecule has 1 amide bonds. The molecule has 5 rings (SSSR count). The average molecular weight is 564 g/mol. The third kappa shape index (κ3) is 6.42. The largest absolute Gasteiger partial charge is 0.367 e. The molecule has 2 aliphatic rings. The van der Waals surface area contributed by atoms with E-state index in [2.05, 4.69) is 55.6 Å². The Morgan fingerprint density at radius 2 is 1.80 bits per heavy atom. The van der Waals surface area contributed by atoms with Gasteiger partial charge in [0.25, 0.3) is 15.9 Å². The molecule has 3 aromatic heterocycles. The second kappa shape index (κ2) is 11.5. The molecule has 0 saturated carbocycles. The molecule has 2 N–H and O–H groups in total. The number of aromatic nitrogens is 3. The first-order chi connectivity index (χ1) is 19.1. The molecule has 40 heavy (non-hydrogen) atoms. The fourth-order valence-corrected chi connectivity index (χ4v) is 6.72. The number of likely N-dealkylation sites (tertiary alicyclic amines) is 1. The number of anilines is 2. The van der Waals surface area contributed by atoms with Crippen molar-refractivity contribution in [2.45, 2.75) is 63.2 Å². The summed E-state index contributed by atoms with van der Waals surface area (Å²) in [5.74, 6) is 0.666. The molecule has 0 radical (unpaired) electrons. The van der Waals surface area contributed by atoms with Crippen LogP contribution in [0.3, 0.4) is 0 Å². The lowest BCUT2D eigenvalue weighted by Gasteiger charge is -2.33. The van der Waals surface area contributed by atoms with Gasteiger partial charge in [0.15, 0.2) is 5.03 Å². The number of rotatable bonds is 8. The third-order valence-corrected chi connectivity index (χ3v) is 8.87. The highest BCUT2D eigenvalue weighted by molar-refractivity contribution is 7.90. The highest BCUT2D eigenvalue weighted by Gasteiger charge is 2.39. The van der Waals surface area contributed by atoms with Gasteiger partial charge >= 0.3 is 0 Å². The normalized spacial score (nSPS) is 19.9. The molecule has 0 spiro atoms. The van der Waals surface area contributed by atoms with Gasteiger partial charge < -0.3 is 10.2 Å². The second-order valence-corrected chi connectivity index (χ2v) is 13.0. The van der Waals surface area contributed by atoms with Crippen molar-refractivity contribution >= 4 is 27.6 Å². The molecule has 0 bridgehead atoms. The molecular weight excluding hydrogens is 526 g/mol. The van der Waals surface area contributed by atoms with Crippen LogP contribution in [0.25, 0.3) is 0 Å². The standard InChI is InChI=1S/C29H37N7O3S/c1-21-18-29(2,3)36(19-21)27-24(9-7-15-31-27)28(37)34-40(38,39)26-11-6-10-25(33-26)32-22-12-16-35(17-13-22)20-23-8-4-5-14-30-23/h4-11,14-15,21-22H,12-13,16-20H2,1-3H3,(H,32,33)(H,34,37). The Bertz CT molecular complexity index is 1440. The number of sulfonamides is 1. The van der Waals surface area contributed by atoms with Gasteiger partial charge in [-0.05, 0) is 75.4 Å². The summed E-state index contributed by atoms with van der Waals surface area (Å²) in [6.45, 7) is 9.74. The Morgan fingerprint density at radius 3 is 2.50 bits per heavy atom. The van der Waals surface area contributed by atoms with Gasteiger partial charge in [-0.15, -0.1) is 0 Å². The van der Waals surface area contributed by atoms with Crippen LogP contribution in [-0.2, 0) is 16.6 Å². The zero-order valence-corrected chi connectivity index (χ0v) is 24.1. The van der Waals surface area contributed by atoms with E-state index < -0.39 is 15.9 Å². The summed E-state index contributed by atoms with van der Waals surface area (Å²) in [5.41, 5.74) is 1.07. The molecule has 1 atom stereocenters. The summed E-state index contributed by atoms with van der Waals surface area (Å²) in [7, 11) is -4.21. The molecule has 212 valence electrons. The van der Waals surface area contributed by atoms with Crippen LogP contribution in [0.15, 0.2) is 66.0 Å². The van der Waals surface area contributed by atoms with Crippen LogP contribution in [0.2, 0.25) is 0 Å². The second-order valence-electron chi connectivity index (χ2n) is 11.4. The number of piperidine rings is 1. The Kier molecular flexibility index (Phi) is 8.04. The zero-order valence-electron chi connectivity index (χ0n) is 23.2. The Balaban J connectivity index is 1.23. The minimum Gasteiger partial charge on any atom is -0.367 e. The summed E-state index contributed by atoms with van der Waals surface area (Å²) in [5, 5.41) is 3.17. The van der Waals surface area contributed by atoms with Crippen molar-refractivity contribution in [3.8, 4) is 0 Å². The topological polar surface area (TPSA) is 120 Å². The van der Waals surface area contributed by atoms with Gasteiger partial charge in [-0.2, -0.15) is 8.42 Å². The van der Waals surface area contributed by atoms with E-state index in [4.69, 9.17) is 0 Å². The van der Waals surface area contributed by atoms with Gasteiger partial charge in [-0.1, -0.05) is 19.1 Å². The molecule has 2 aliphatic heterocycles. The van der Waals surface area contributed by atoms with Crippen LogP contribution in [0.1, 0.15) is 56.1 Å². The van der Waals surface area contributed by atoms with Crippen molar-refractivity contribution in [3.63, 3.8) is 0 Å². The van der Waals surface area contributed by atoms with Gasteiger partial charge in [-0.25, -0.2) is 14.7 Å². The Hall–Kier alpha value is -3.57. The van der Waals surface area contributed by atoms with Gasteiger partial charge in [0.1, 0.15) is 11.6 Å². The molecule has 3 aromatic rings. The average Bonchev–Trinajstić information content (AvgIpc) is 3.21. The van der Waals surface area contributed by atoms with Gasteiger partial charge in [0.2, 0.25) is 0 Å². The third-order valence-electron chi connectivity index (χ3n) is 7.64. The number of nitrogens with one attached hydrogen (secondary N) is 2. The van der Waals surface area contributed by atoms with Gasteiger partial charge in [0, 0.05) is 50.2 Å².